The van der Waals surface area contributed by atoms with Crippen LogP contribution in [0.2, 0.25) is 0 Å². The highest BCUT2D eigenvalue weighted by molar-refractivity contribution is 6.02. The van der Waals surface area contributed by atoms with Crippen LogP contribution in [0.25, 0.3) is 0 Å². The number of piperidine rings is 1. The van der Waals surface area contributed by atoms with Crippen molar-refractivity contribution in [2.24, 2.45) is 4.99 Å². The van der Waals surface area contributed by atoms with E-state index in [0.717, 1.165) is 37.9 Å². The summed E-state index contributed by atoms with van der Waals surface area (Å²) in [6.07, 6.45) is -7.01. The summed E-state index contributed by atoms with van der Waals surface area (Å²) in [7, 11) is 1.50. The first kappa shape index (κ1) is 35.9. The molecule has 5 rings (SSSR count). The van der Waals surface area contributed by atoms with Crippen LogP contribution in [0.5, 0.6) is 0 Å². The Morgan fingerprint density at radius 1 is 0.735 bits per heavy atom. The van der Waals surface area contributed by atoms with Gasteiger partial charge in [-0.2, -0.15) is 31.3 Å². The summed E-state index contributed by atoms with van der Waals surface area (Å²) in [6, 6.07) is 18.7. The summed E-state index contributed by atoms with van der Waals surface area (Å²) in [5.74, 6) is -0.0373. The molecule has 0 N–H and O–H groups in total. The van der Waals surface area contributed by atoms with Gasteiger partial charge in [0.05, 0.1) is 11.1 Å². The van der Waals surface area contributed by atoms with Crippen molar-refractivity contribution in [1.29, 1.82) is 0 Å². The highest BCUT2D eigenvalue weighted by Gasteiger charge is 2.38. The maximum atomic E-state index is 14.0. The van der Waals surface area contributed by atoms with Gasteiger partial charge in [-0.15, -0.1) is 0 Å². The molecule has 2 fully saturated rings. The third-order valence-electron chi connectivity index (χ3n) is 8.93. The number of likely N-dealkylation sites (N-methyl/N-ethyl adjacent to an activating group) is 1. The first-order valence-electron chi connectivity index (χ1n) is 16.3. The van der Waals surface area contributed by atoms with Crippen molar-refractivity contribution in [1.82, 2.24) is 19.6 Å². The summed E-state index contributed by atoms with van der Waals surface area (Å²) in [4.78, 5) is 39.3. The van der Waals surface area contributed by atoms with Crippen molar-refractivity contribution in [2.45, 2.75) is 44.1 Å². The van der Waals surface area contributed by atoms with Crippen molar-refractivity contribution in [3.8, 4) is 0 Å². The highest BCUT2D eigenvalue weighted by Crippen LogP contribution is 2.36. The summed E-state index contributed by atoms with van der Waals surface area (Å²) in [5.41, 5.74) is -1.72. The maximum Gasteiger partial charge on any atom is 0.416 e. The van der Waals surface area contributed by atoms with Crippen LogP contribution in [0.1, 0.15) is 57.9 Å². The van der Waals surface area contributed by atoms with E-state index < -0.39 is 29.5 Å². The summed E-state index contributed by atoms with van der Waals surface area (Å²) in [5, 5.41) is 0. The Morgan fingerprint density at radius 3 is 1.82 bits per heavy atom. The number of piperazine rings is 1. The number of rotatable bonds is 7. The lowest BCUT2D eigenvalue weighted by Crippen LogP contribution is -2.56. The van der Waals surface area contributed by atoms with Gasteiger partial charge in [-0.05, 0) is 67.1 Å². The molecule has 0 bridgehead atoms. The van der Waals surface area contributed by atoms with E-state index in [1.54, 1.807) is 24.3 Å². The minimum Gasteiger partial charge on any atom is -0.344 e. The Bertz CT molecular complexity index is 1570. The van der Waals surface area contributed by atoms with Gasteiger partial charge in [-0.3, -0.25) is 14.5 Å². The molecule has 2 amide bonds. The van der Waals surface area contributed by atoms with Crippen molar-refractivity contribution >= 4 is 17.8 Å². The predicted octanol–water partition coefficient (Wildman–Crippen LogP) is 6.77. The van der Waals surface area contributed by atoms with Crippen molar-refractivity contribution in [3.63, 3.8) is 0 Å². The second-order valence-corrected chi connectivity index (χ2v) is 12.4. The first-order chi connectivity index (χ1) is 23.3. The number of hydrogen-bond donors (Lipinski definition) is 0. The predicted molar refractivity (Wildman–Crippen MR) is 174 cm³/mol. The average Bonchev–Trinajstić information content (AvgIpc) is 3.10. The van der Waals surface area contributed by atoms with Crippen LogP contribution in [-0.4, -0.2) is 90.2 Å². The Morgan fingerprint density at radius 2 is 1.27 bits per heavy atom. The normalized spacial score (nSPS) is 17.2. The molecule has 2 aliphatic rings. The van der Waals surface area contributed by atoms with Crippen LogP contribution in [-0.2, 0) is 23.6 Å². The zero-order valence-electron chi connectivity index (χ0n) is 27.2. The third-order valence-corrected chi connectivity index (χ3v) is 8.93. The lowest BCUT2D eigenvalue weighted by molar-refractivity contribution is -0.143. The van der Waals surface area contributed by atoms with Crippen LogP contribution >= 0.6 is 0 Å². The molecule has 262 valence electrons. The van der Waals surface area contributed by atoms with Crippen LogP contribution in [0.3, 0.4) is 0 Å². The van der Waals surface area contributed by atoms with Gasteiger partial charge in [-0.25, -0.2) is 0 Å². The van der Waals surface area contributed by atoms with E-state index in [4.69, 9.17) is 0 Å². The fourth-order valence-electron chi connectivity index (χ4n) is 6.28. The van der Waals surface area contributed by atoms with Crippen LogP contribution in [0.4, 0.5) is 26.3 Å². The fraction of sp³-hybridized carbons (Fsp3) is 0.417. The topological polar surface area (TPSA) is 59.5 Å². The molecular weight excluding hydrogens is 648 g/mol. The van der Waals surface area contributed by atoms with Gasteiger partial charge in [0.25, 0.3) is 5.91 Å². The molecule has 0 aromatic heterocycles. The third kappa shape index (κ3) is 9.20. The zero-order chi connectivity index (χ0) is 35.2. The minimum atomic E-state index is -4.95. The molecule has 1 atom stereocenters. The second kappa shape index (κ2) is 15.4. The van der Waals surface area contributed by atoms with Crippen LogP contribution < -0.4 is 0 Å². The number of benzene rings is 3. The molecule has 13 heteroatoms. The lowest BCUT2D eigenvalue weighted by Gasteiger charge is -2.43. The fourth-order valence-corrected chi connectivity index (χ4v) is 6.28. The quantitative estimate of drug-likeness (QED) is 0.156. The van der Waals surface area contributed by atoms with Gasteiger partial charge in [0, 0.05) is 58.4 Å². The Hall–Kier alpha value is -4.39. The van der Waals surface area contributed by atoms with Gasteiger partial charge < -0.3 is 14.7 Å². The summed E-state index contributed by atoms with van der Waals surface area (Å²) >= 11 is 0. The van der Waals surface area contributed by atoms with Crippen molar-refractivity contribution in [2.75, 3.05) is 52.9 Å². The van der Waals surface area contributed by atoms with Gasteiger partial charge in [0.15, 0.2) is 0 Å². The number of alkyl halides is 6. The molecule has 49 heavy (non-hydrogen) atoms. The number of likely N-dealkylation sites (tertiary alicyclic amines) is 1. The highest BCUT2D eigenvalue weighted by atomic mass is 19.4. The van der Waals surface area contributed by atoms with E-state index in [-0.39, 0.29) is 36.4 Å². The molecule has 0 saturated carbocycles. The Labute approximate surface area is 281 Å². The van der Waals surface area contributed by atoms with E-state index in [2.05, 4.69) is 14.8 Å². The molecule has 0 unspecified atom stereocenters. The molecule has 0 radical (unpaired) electrons. The molecular formula is C36H39F6N5O2. The van der Waals surface area contributed by atoms with E-state index >= 15 is 0 Å². The molecule has 0 spiro atoms. The molecule has 2 aliphatic heterocycles. The van der Waals surface area contributed by atoms with Gasteiger partial charge >= 0.3 is 12.4 Å². The van der Waals surface area contributed by atoms with Crippen molar-refractivity contribution in [3.05, 3.63) is 107 Å². The number of carbonyl (C=O) groups excluding carboxylic acids is 2. The summed E-state index contributed by atoms with van der Waals surface area (Å²) in [6.45, 7) is 3.36. The first-order valence-corrected chi connectivity index (χ1v) is 16.3. The molecule has 3 aromatic carbocycles. The molecule has 2 heterocycles. The number of halogens is 6. The van der Waals surface area contributed by atoms with Crippen LogP contribution in [0, 0.1) is 0 Å². The van der Waals surface area contributed by atoms with Gasteiger partial charge in [-0.1, -0.05) is 48.5 Å². The molecule has 7 nitrogen and oxygen atoms in total. The van der Waals surface area contributed by atoms with E-state index in [1.807, 2.05) is 41.3 Å². The van der Waals surface area contributed by atoms with E-state index in [0.29, 0.717) is 49.8 Å². The maximum absolute atomic E-state index is 14.0. The average molecular weight is 688 g/mol. The second-order valence-electron chi connectivity index (χ2n) is 12.4. The van der Waals surface area contributed by atoms with E-state index in [9.17, 15) is 35.9 Å². The molecule has 0 aliphatic carbocycles. The smallest absolute Gasteiger partial charge is 0.344 e. The monoisotopic (exact) mass is 687 g/mol. The number of carbonyl (C=O) groups is 2. The van der Waals surface area contributed by atoms with Gasteiger partial charge in [0.1, 0.15) is 6.04 Å². The SMILES string of the molecule is CN(CCc1cc(C(F)(F)F)cc(C(F)(F)F)c1)C(=O)[C@H](c1ccccc1)N1CCN(C(=NC(=O)c2ccccc2)N2CCCCC2)CC1. The molecule has 2 saturated heterocycles. The Balaban J connectivity index is 1.32. The minimum absolute atomic E-state index is 0.0892. The Kier molecular flexibility index (Phi) is 11.3. The number of aliphatic imine (C=N–C) groups is 1. The summed E-state index contributed by atoms with van der Waals surface area (Å²) < 4.78 is 80.5. The number of nitrogens with zero attached hydrogens (tertiary/aromatic N) is 5. The zero-order valence-corrected chi connectivity index (χ0v) is 27.2. The largest absolute Gasteiger partial charge is 0.416 e. The molecule has 3 aromatic rings. The van der Waals surface area contributed by atoms with Crippen molar-refractivity contribution < 1.29 is 35.9 Å². The number of hydrogen-bond acceptors (Lipinski definition) is 3. The number of amides is 2. The lowest BCUT2D eigenvalue weighted by atomic mass is 10.0. The standard InChI is InChI=1S/C36H39F6N5O2/c1-44(18-15-26-23-29(35(37,38)39)25-30(24-26)36(40,41)42)33(49)31(27-11-5-2-6-12-27)45-19-21-47(22-20-45)34(46-16-9-4-10-17-46)43-32(48)28-13-7-3-8-14-28/h2-3,5-8,11-14,23-25,31H,4,9-10,15-22H2,1H3/t31-/m0/s1. The number of guanidine groups is 1. The van der Waals surface area contributed by atoms with Crippen LogP contribution in [0.15, 0.2) is 83.9 Å². The van der Waals surface area contributed by atoms with Gasteiger partial charge in [0.2, 0.25) is 11.9 Å². The van der Waals surface area contributed by atoms with E-state index in [1.165, 1.54) is 11.9 Å².